The second-order valence-corrected chi connectivity index (χ2v) is 4.60. The van der Waals surface area contributed by atoms with Gasteiger partial charge in [0.15, 0.2) is 0 Å². The van der Waals surface area contributed by atoms with E-state index in [0.29, 0.717) is 5.69 Å². The summed E-state index contributed by atoms with van der Waals surface area (Å²) < 4.78 is 5.17. The molecule has 0 radical (unpaired) electrons. The minimum Gasteiger partial charge on any atom is -0.497 e. The molecular weight excluding hydrogens is 240 g/mol. The van der Waals surface area contributed by atoms with E-state index >= 15 is 0 Å². The molecule has 0 spiro atoms. The smallest absolute Gasteiger partial charge is 0.267 e. The van der Waals surface area contributed by atoms with Crippen molar-refractivity contribution in [1.82, 2.24) is 10.3 Å². The van der Waals surface area contributed by atoms with Gasteiger partial charge in [-0.3, -0.25) is 4.79 Å². The Morgan fingerprint density at radius 2 is 2.16 bits per heavy atom. The summed E-state index contributed by atoms with van der Waals surface area (Å²) in [7, 11) is 1.63. The molecule has 4 heteroatoms. The zero-order chi connectivity index (χ0) is 13.7. The topological polar surface area (TPSA) is 54.1 Å². The van der Waals surface area contributed by atoms with E-state index in [9.17, 15) is 4.79 Å². The van der Waals surface area contributed by atoms with Gasteiger partial charge in [0.05, 0.1) is 7.11 Å². The number of H-pyrrole nitrogens is 1. The number of carbonyl (C=O) groups excluding carboxylic acids is 1. The molecule has 0 bridgehead atoms. The standard InChI is InChI=1S/C15H20N2O2/c1-3-4-5-8-16-15(18)14-10-11-9-12(19-2)6-7-13(11)17-14/h6-7,9-10,17H,3-5,8H2,1-2H3,(H,16,18). The number of aromatic nitrogens is 1. The van der Waals surface area contributed by atoms with Gasteiger partial charge in [0.1, 0.15) is 11.4 Å². The summed E-state index contributed by atoms with van der Waals surface area (Å²) in [5.41, 5.74) is 1.54. The fourth-order valence-electron chi connectivity index (χ4n) is 2.03. The van der Waals surface area contributed by atoms with Crippen LogP contribution in [0.1, 0.15) is 36.7 Å². The molecule has 1 aromatic heterocycles. The molecule has 0 atom stereocenters. The Bertz CT molecular complexity index is 560. The van der Waals surface area contributed by atoms with Crippen LogP contribution in [0.3, 0.4) is 0 Å². The first-order valence-electron chi connectivity index (χ1n) is 6.69. The highest BCUT2D eigenvalue weighted by atomic mass is 16.5. The molecule has 1 amide bonds. The summed E-state index contributed by atoms with van der Waals surface area (Å²) in [5.74, 6) is 0.743. The number of unbranched alkanes of at least 4 members (excludes halogenated alkanes) is 2. The Kier molecular flexibility index (Phi) is 4.44. The Labute approximate surface area is 113 Å². The van der Waals surface area contributed by atoms with Crippen LogP contribution >= 0.6 is 0 Å². The number of methoxy groups -OCH3 is 1. The lowest BCUT2D eigenvalue weighted by Crippen LogP contribution is -2.24. The van der Waals surface area contributed by atoms with Gasteiger partial charge < -0.3 is 15.0 Å². The van der Waals surface area contributed by atoms with E-state index in [4.69, 9.17) is 4.74 Å². The van der Waals surface area contributed by atoms with E-state index in [-0.39, 0.29) is 5.91 Å². The second-order valence-electron chi connectivity index (χ2n) is 4.60. The number of nitrogens with one attached hydrogen (secondary N) is 2. The van der Waals surface area contributed by atoms with E-state index < -0.39 is 0 Å². The molecule has 2 aromatic rings. The largest absolute Gasteiger partial charge is 0.497 e. The van der Waals surface area contributed by atoms with Gasteiger partial charge in [-0.25, -0.2) is 0 Å². The Morgan fingerprint density at radius 3 is 2.89 bits per heavy atom. The molecule has 2 N–H and O–H groups in total. The van der Waals surface area contributed by atoms with Crippen LogP contribution < -0.4 is 10.1 Å². The van der Waals surface area contributed by atoms with Crippen LogP contribution in [0.25, 0.3) is 10.9 Å². The zero-order valence-electron chi connectivity index (χ0n) is 11.5. The molecule has 102 valence electrons. The van der Waals surface area contributed by atoms with Crippen LogP contribution in [0.15, 0.2) is 24.3 Å². The minimum atomic E-state index is -0.0498. The number of carbonyl (C=O) groups is 1. The lowest BCUT2D eigenvalue weighted by atomic mass is 10.2. The molecule has 0 aliphatic carbocycles. The molecule has 0 aliphatic rings. The molecule has 19 heavy (non-hydrogen) atoms. The summed E-state index contributed by atoms with van der Waals surface area (Å²) in [4.78, 5) is 15.1. The summed E-state index contributed by atoms with van der Waals surface area (Å²) in [6.45, 7) is 2.87. The van der Waals surface area contributed by atoms with E-state index in [2.05, 4.69) is 17.2 Å². The third-order valence-electron chi connectivity index (χ3n) is 3.14. The first kappa shape index (κ1) is 13.5. The van der Waals surface area contributed by atoms with Crippen molar-refractivity contribution in [2.24, 2.45) is 0 Å². The lowest BCUT2D eigenvalue weighted by Gasteiger charge is -2.02. The van der Waals surface area contributed by atoms with Crippen molar-refractivity contribution in [3.05, 3.63) is 30.0 Å². The number of ether oxygens (including phenoxy) is 1. The van der Waals surface area contributed by atoms with E-state index in [1.807, 2.05) is 24.3 Å². The second kappa shape index (κ2) is 6.27. The number of rotatable bonds is 6. The molecule has 0 saturated heterocycles. The Morgan fingerprint density at radius 1 is 1.32 bits per heavy atom. The highest BCUT2D eigenvalue weighted by Crippen LogP contribution is 2.21. The number of hydrogen-bond donors (Lipinski definition) is 2. The highest BCUT2D eigenvalue weighted by molar-refractivity contribution is 5.98. The van der Waals surface area contributed by atoms with Gasteiger partial charge in [0.25, 0.3) is 5.91 Å². The van der Waals surface area contributed by atoms with Crippen molar-refractivity contribution < 1.29 is 9.53 Å². The normalized spacial score (nSPS) is 10.6. The van der Waals surface area contributed by atoms with Crippen molar-refractivity contribution in [2.75, 3.05) is 13.7 Å². The summed E-state index contributed by atoms with van der Waals surface area (Å²) in [6.07, 6.45) is 3.32. The van der Waals surface area contributed by atoms with Gasteiger partial charge in [-0.15, -0.1) is 0 Å². The maximum Gasteiger partial charge on any atom is 0.267 e. The SMILES string of the molecule is CCCCCNC(=O)c1cc2cc(OC)ccc2[nH]1. The maximum atomic E-state index is 12.0. The molecule has 0 saturated carbocycles. The maximum absolute atomic E-state index is 12.0. The molecule has 2 rings (SSSR count). The quantitative estimate of drug-likeness (QED) is 0.784. The fourth-order valence-corrected chi connectivity index (χ4v) is 2.03. The summed E-state index contributed by atoms with van der Waals surface area (Å²) in [5, 5.41) is 3.91. The monoisotopic (exact) mass is 260 g/mol. The van der Waals surface area contributed by atoms with Crippen LogP contribution in [-0.4, -0.2) is 24.5 Å². The van der Waals surface area contributed by atoms with E-state index in [1.165, 1.54) is 0 Å². The molecule has 1 aromatic carbocycles. The van der Waals surface area contributed by atoms with Gasteiger partial charge in [-0.2, -0.15) is 0 Å². The molecule has 4 nitrogen and oxygen atoms in total. The van der Waals surface area contributed by atoms with Crippen molar-refractivity contribution in [3.8, 4) is 5.75 Å². The van der Waals surface area contributed by atoms with Crippen molar-refractivity contribution in [1.29, 1.82) is 0 Å². The van der Waals surface area contributed by atoms with Crippen molar-refractivity contribution in [2.45, 2.75) is 26.2 Å². The van der Waals surface area contributed by atoms with Gasteiger partial charge in [-0.05, 0) is 30.7 Å². The summed E-state index contributed by atoms with van der Waals surface area (Å²) in [6, 6.07) is 7.57. The number of fused-ring (bicyclic) bond motifs is 1. The van der Waals surface area contributed by atoms with Crippen LogP contribution in [0.2, 0.25) is 0 Å². The number of aromatic amines is 1. The van der Waals surface area contributed by atoms with Crippen LogP contribution in [-0.2, 0) is 0 Å². The van der Waals surface area contributed by atoms with E-state index in [1.54, 1.807) is 7.11 Å². The first-order chi connectivity index (χ1) is 9.24. The molecule has 0 unspecified atom stereocenters. The van der Waals surface area contributed by atoms with Gasteiger partial charge in [0.2, 0.25) is 0 Å². The van der Waals surface area contributed by atoms with Crippen molar-refractivity contribution >= 4 is 16.8 Å². The number of benzene rings is 1. The van der Waals surface area contributed by atoms with Crippen LogP contribution in [0.5, 0.6) is 5.75 Å². The third-order valence-corrected chi connectivity index (χ3v) is 3.14. The van der Waals surface area contributed by atoms with E-state index in [0.717, 1.165) is 42.5 Å². The van der Waals surface area contributed by atoms with Gasteiger partial charge in [-0.1, -0.05) is 19.8 Å². The lowest BCUT2D eigenvalue weighted by molar-refractivity contribution is 0.0949. The molecule has 1 heterocycles. The predicted octanol–water partition coefficient (Wildman–Crippen LogP) is 3.10. The summed E-state index contributed by atoms with van der Waals surface area (Å²) >= 11 is 0. The van der Waals surface area contributed by atoms with Gasteiger partial charge >= 0.3 is 0 Å². The zero-order valence-corrected chi connectivity index (χ0v) is 11.5. The molecule has 0 fully saturated rings. The first-order valence-corrected chi connectivity index (χ1v) is 6.69. The number of hydrogen-bond acceptors (Lipinski definition) is 2. The van der Waals surface area contributed by atoms with Crippen molar-refractivity contribution in [3.63, 3.8) is 0 Å². The molecular formula is C15H20N2O2. The minimum absolute atomic E-state index is 0.0498. The average molecular weight is 260 g/mol. The molecule has 0 aliphatic heterocycles. The third kappa shape index (κ3) is 3.28. The highest BCUT2D eigenvalue weighted by Gasteiger charge is 2.09. The van der Waals surface area contributed by atoms with Gasteiger partial charge in [0, 0.05) is 17.4 Å². The fraction of sp³-hybridized carbons (Fsp3) is 0.400. The predicted molar refractivity (Wildman–Crippen MR) is 76.7 cm³/mol. The Balaban J connectivity index is 2.05. The van der Waals surface area contributed by atoms with Crippen LogP contribution in [0.4, 0.5) is 0 Å². The average Bonchev–Trinajstić information content (AvgIpc) is 2.86. The number of amides is 1. The Hall–Kier alpha value is -1.97. The van der Waals surface area contributed by atoms with Crippen LogP contribution in [0, 0.1) is 0 Å².